The fourth-order valence-electron chi connectivity index (χ4n) is 2.45. The number of hydrogen-bond acceptors (Lipinski definition) is 6. The molecular weight excluding hydrogens is 365 g/mol. The third kappa shape index (κ3) is 5.29. The number of amides is 1. The standard InChI is InChI=1S/C20H20FN3O4/c1-26-14-6-8-15(9-7-14)27-13-12-22-18(25)10-11-19-23-20(24-28-19)16-4-2-3-5-17(16)21/h2-9H,10-13H2,1H3,(H,22,25). The predicted octanol–water partition coefficient (Wildman–Crippen LogP) is 3.01. The topological polar surface area (TPSA) is 86.5 Å². The Labute approximate surface area is 161 Å². The van der Waals surface area contributed by atoms with E-state index in [4.69, 9.17) is 14.0 Å². The van der Waals surface area contributed by atoms with Gasteiger partial charge in [0.05, 0.1) is 19.2 Å². The number of carbonyl (C=O) groups excluding carboxylic acids is 1. The monoisotopic (exact) mass is 385 g/mol. The number of carbonyl (C=O) groups is 1. The third-order valence-corrected chi connectivity index (χ3v) is 3.90. The first kappa shape index (κ1) is 19.3. The van der Waals surface area contributed by atoms with E-state index >= 15 is 0 Å². The van der Waals surface area contributed by atoms with Gasteiger partial charge in [0.2, 0.25) is 17.6 Å². The Bertz CT molecular complexity index is 912. The summed E-state index contributed by atoms with van der Waals surface area (Å²) in [6.07, 6.45) is 0.452. The van der Waals surface area contributed by atoms with E-state index in [0.717, 1.165) is 5.75 Å². The number of nitrogens with zero attached hydrogens (tertiary/aromatic N) is 2. The van der Waals surface area contributed by atoms with Crippen LogP contribution < -0.4 is 14.8 Å². The summed E-state index contributed by atoms with van der Waals surface area (Å²) in [5.41, 5.74) is 0.262. The van der Waals surface area contributed by atoms with Gasteiger partial charge in [0.25, 0.3) is 0 Å². The smallest absolute Gasteiger partial charge is 0.227 e. The van der Waals surface area contributed by atoms with Gasteiger partial charge in [0.1, 0.15) is 23.9 Å². The molecule has 0 aliphatic heterocycles. The molecule has 2 aromatic carbocycles. The Morgan fingerprint density at radius 2 is 1.89 bits per heavy atom. The van der Waals surface area contributed by atoms with Crippen molar-refractivity contribution in [2.75, 3.05) is 20.3 Å². The minimum Gasteiger partial charge on any atom is -0.497 e. The second-order valence-corrected chi connectivity index (χ2v) is 5.87. The van der Waals surface area contributed by atoms with Crippen LogP contribution in [0.15, 0.2) is 53.1 Å². The molecule has 0 saturated carbocycles. The molecule has 3 aromatic rings. The summed E-state index contributed by atoms with van der Waals surface area (Å²) in [6.45, 7) is 0.714. The van der Waals surface area contributed by atoms with E-state index in [1.54, 1.807) is 49.6 Å². The first-order valence-corrected chi connectivity index (χ1v) is 8.77. The first-order chi connectivity index (χ1) is 13.7. The number of ether oxygens (including phenoxy) is 2. The number of methoxy groups -OCH3 is 1. The lowest BCUT2D eigenvalue weighted by atomic mass is 10.2. The van der Waals surface area contributed by atoms with Crippen molar-refractivity contribution in [3.05, 3.63) is 60.2 Å². The van der Waals surface area contributed by atoms with Crippen molar-refractivity contribution in [3.63, 3.8) is 0 Å². The zero-order valence-corrected chi connectivity index (χ0v) is 15.4. The SMILES string of the molecule is COc1ccc(OCCNC(=O)CCc2nc(-c3ccccc3F)no2)cc1. The van der Waals surface area contributed by atoms with Crippen LogP contribution in [0.1, 0.15) is 12.3 Å². The highest BCUT2D eigenvalue weighted by atomic mass is 19.1. The van der Waals surface area contributed by atoms with Gasteiger partial charge in [-0.15, -0.1) is 0 Å². The Morgan fingerprint density at radius 1 is 1.14 bits per heavy atom. The molecule has 1 heterocycles. The molecule has 0 aliphatic carbocycles. The Kier molecular flexibility index (Phi) is 6.56. The summed E-state index contributed by atoms with van der Waals surface area (Å²) in [6, 6.07) is 13.4. The maximum atomic E-state index is 13.7. The molecule has 0 atom stereocenters. The van der Waals surface area contributed by atoms with E-state index in [-0.39, 0.29) is 36.0 Å². The maximum absolute atomic E-state index is 13.7. The van der Waals surface area contributed by atoms with Gasteiger partial charge in [-0.1, -0.05) is 17.3 Å². The predicted molar refractivity (Wildman–Crippen MR) is 99.5 cm³/mol. The Balaban J connectivity index is 1.38. The van der Waals surface area contributed by atoms with Gasteiger partial charge in [-0.05, 0) is 36.4 Å². The molecule has 1 aromatic heterocycles. The molecule has 3 rings (SSSR count). The molecule has 0 saturated heterocycles. The molecule has 0 bridgehead atoms. The summed E-state index contributed by atoms with van der Waals surface area (Å²) in [5, 5.41) is 6.51. The van der Waals surface area contributed by atoms with Crippen LogP contribution in [0.25, 0.3) is 11.4 Å². The molecule has 0 spiro atoms. The molecule has 1 amide bonds. The summed E-state index contributed by atoms with van der Waals surface area (Å²) in [5.74, 6) is 1.30. The van der Waals surface area contributed by atoms with Crippen molar-refractivity contribution < 1.29 is 23.2 Å². The van der Waals surface area contributed by atoms with Crippen LogP contribution in [-0.2, 0) is 11.2 Å². The number of aromatic nitrogens is 2. The van der Waals surface area contributed by atoms with E-state index < -0.39 is 5.82 Å². The second kappa shape index (κ2) is 9.50. The molecular formula is C20H20FN3O4. The quantitative estimate of drug-likeness (QED) is 0.570. The van der Waals surface area contributed by atoms with Crippen LogP contribution >= 0.6 is 0 Å². The number of hydrogen-bond donors (Lipinski definition) is 1. The van der Waals surface area contributed by atoms with Gasteiger partial charge in [-0.3, -0.25) is 4.79 Å². The lowest BCUT2D eigenvalue weighted by Gasteiger charge is -2.08. The molecule has 146 valence electrons. The van der Waals surface area contributed by atoms with Gasteiger partial charge in [0.15, 0.2) is 0 Å². The average Bonchev–Trinajstić information content (AvgIpc) is 3.19. The van der Waals surface area contributed by atoms with Crippen molar-refractivity contribution >= 4 is 5.91 Å². The van der Waals surface area contributed by atoms with Crippen molar-refractivity contribution in [1.29, 1.82) is 0 Å². The van der Waals surface area contributed by atoms with E-state index in [9.17, 15) is 9.18 Å². The van der Waals surface area contributed by atoms with Crippen LogP contribution in [0.2, 0.25) is 0 Å². The van der Waals surface area contributed by atoms with E-state index in [0.29, 0.717) is 18.9 Å². The van der Waals surface area contributed by atoms with Crippen LogP contribution in [0, 0.1) is 5.82 Å². The molecule has 1 N–H and O–H groups in total. The fourth-order valence-corrected chi connectivity index (χ4v) is 2.45. The summed E-state index contributed by atoms with van der Waals surface area (Å²) < 4.78 is 29.4. The van der Waals surface area contributed by atoms with Gasteiger partial charge in [0, 0.05) is 12.8 Å². The fraction of sp³-hybridized carbons (Fsp3) is 0.250. The third-order valence-electron chi connectivity index (χ3n) is 3.90. The molecule has 0 unspecified atom stereocenters. The van der Waals surface area contributed by atoms with Crippen molar-refractivity contribution in [3.8, 4) is 22.9 Å². The normalized spacial score (nSPS) is 10.5. The highest BCUT2D eigenvalue weighted by molar-refractivity contribution is 5.76. The van der Waals surface area contributed by atoms with Gasteiger partial charge >= 0.3 is 0 Å². The molecule has 0 fully saturated rings. The lowest BCUT2D eigenvalue weighted by Crippen LogP contribution is -2.28. The molecule has 8 heteroatoms. The van der Waals surface area contributed by atoms with E-state index in [1.807, 2.05) is 0 Å². The number of nitrogens with one attached hydrogen (secondary N) is 1. The van der Waals surface area contributed by atoms with Crippen molar-refractivity contribution in [1.82, 2.24) is 15.5 Å². The molecule has 28 heavy (non-hydrogen) atoms. The van der Waals surface area contributed by atoms with Gasteiger partial charge in [-0.2, -0.15) is 4.98 Å². The summed E-state index contributed by atoms with van der Waals surface area (Å²) >= 11 is 0. The van der Waals surface area contributed by atoms with Crippen LogP contribution in [0.4, 0.5) is 4.39 Å². The van der Waals surface area contributed by atoms with Crippen LogP contribution in [0.3, 0.4) is 0 Å². The van der Waals surface area contributed by atoms with Gasteiger partial charge in [-0.25, -0.2) is 4.39 Å². The minimum atomic E-state index is -0.426. The number of halogens is 1. The van der Waals surface area contributed by atoms with Crippen molar-refractivity contribution in [2.45, 2.75) is 12.8 Å². The van der Waals surface area contributed by atoms with Crippen LogP contribution in [0.5, 0.6) is 11.5 Å². The highest BCUT2D eigenvalue weighted by Gasteiger charge is 2.13. The second-order valence-electron chi connectivity index (χ2n) is 5.87. The van der Waals surface area contributed by atoms with Crippen molar-refractivity contribution in [2.24, 2.45) is 0 Å². The lowest BCUT2D eigenvalue weighted by molar-refractivity contribution is -0.121. The van der Waals surface area contributed by atoms with Gasteiger partial charge < -0.3 is 19.3 Å². The Hall–Kier alpha value is -3.42. The largest absolute Gasteiger partial charge is 0.497 e. The molecule has 7 nitrogen and oxygen atoms in total. The maximum Gasteiger partial charge on any atom is 0.227 e. The summed E-state index contributed by atoms with van der Waals surface area (Å²) in [7, 11) is 1.60. The molecule has 0 aliphatic rings. The first-order valence-electron chi connectivity index (χ1n) is 8.77. The minimum absolute atomic E-state index is 0.163. The number of rotatable bonds is 9. The molecule has 0 radical (unpaired) electrons. The zero-order chi connectivity index (χ0) is 19.8. The number of benzene rings is 2. The van der Waals surface area contributed by atoms with E-state index in [2.05, 4.69) is 15.5 Å². The summed E-state index contributed by atoms with van der Waals surface area (Å²) in [4.78, 5) is 16.0. The van der Waals surface area contributed by atoms with Crippen LogP contribution in [-0.4, -0.2) is 36.3 Å². The number of aryl methyl sites for hydroxylation is 1. The Morgan fingerprint density at radius 3 is 2.64 bits per heavy atom. The zero-order valence-electron chi connectivity index (χ0n) is 15.4. The average molecular weight is 385 g/mol. The highest BCUT2D eigenvalue weighted by Crippen LogP contribution is 2.19. The van der Waals surface area contributed by atoms with E-state index in [1.165, 1.54) is 6.07 Å².